The molecule has 4 amide bonds. The van der Waals surface area contributed by atoms with E-state index in [4.69, 9.17) is 4.74 Å². The fourth-order valence-electron chi connectivity index (χ4n) is 4.86. The Morgan fingerprint density at radius 2 is 2.06 bits per heavy atom. The highest BCUT2D eigenvalue weighted by atomic mass is 16.6. The van der Waals surface area contributed by atoms with Gasteiger partial charge in [-0.2, -0.15) is 5.26 Å². The van der Waals surface area contributed by atoms with E-state index in [2.05, 4.69) is 21.4 Å². The summed E-state index contributed by atoms with van der Waals surface area (Å²) in [7, 11) is 0. The molecule has 12 nitrogen and oxygen atoms in total. The molecule has 0 saturated carbocycles. The Balaban J connectivity index is 1.49. The smallest absolute Gasteiger partial charge is 0.408 e. The Labute approximate surface area is 203 Å². The van der Waals surface area contributed by atoms with Crippen LogP contribution in [0.5, 0.6) is 0 Å². The monoisotopic (exact) mass is 483 g/mol. The normalized spacial score (nSPS) is 24.3. The van der Waals surface area contributed by atoms with E-state index in [-0.39, 0.29) is 30.1 Å². The van der Waals surface area contributed by atoms with Gasteiger partial charge < -0.3 is 24.8 Å². The molecule has 3 fully saturated rings. The highest BCUT2D eigenvalue weighted by Crippen LogP contribution is 2.33. The lowest BCUT2D eigenvalue weighted by atomic mass is 10.1. The van der Waals surface area contributed by atoms with E-state index >= 15 is 0 Å². The molecule has 3 saturated heterocycles. The zero-order chi connectivity index (χ0) is 25.3. The van der Waals surface area contributed by atoms with Gasteiger partial charge in [0.2, 0.25) is 11.8 Å². The number of aromatic nitrogens is 2. The number of alkyl carbamates (subject to hydrolysis) is 1. The van der Waals surface area contributed by atoms with Gasteiger partial charge in [0.05, 0.1) is 24.9 Å². The first-order valence-corrected chi connectivity index (χ1v) is 11.7. The van der Waals surface area contributed by atoms with Crippen molar-refractivity contribution < 1.29 is 23.9 Å². The molecular formula is C23H29N7O5. The lowest BCUT2D eigenvalue weighted by Crippen LogP contribution is -2.59. The molecule has 1 N–H and O–H groups in total. The Hall–Kier alpha value is -3.75. The van der Waals surface area contributed by atoms with Gasteiger partial charge in [-0.15, -0.1) is 0 Å². The van der Waals surface area contributed by atoms with Crippen LogP contribution in [-0.2, 0) is 14.3 Å². The van der Waals surface area contributed by atoms with Crippen LogP contribution in [0, 0.1) is 11.3 Å². The van der Waals surface area contributed by atoms with Crippen LogP contribution in [0.25, 0.3) is 0 Å². The zero-order valence-electron chi connectivity index (χ0n) is 20.0. The molecule has 0 radical (unpaired) electrons. The quantitative estimate of drug-likeness (QED) is 0.629. The van der Waals surface area contributed by atoms with Gasteiger partial charge in [-0.1, -0.05) is 0 Å². The van der Waals surface area contributed by atoms with Crippen molar-refractivity contribution in [1.29, 1.82) is 5.26 Å². The Morgan fingerprint density at radius 3 is 2.69 bits per heavy atom. The summed E-state index contributed by atoms with van der Waals surface area (Å²) in [5.74, 6) is -1.09. The van der Waals surface area contributed by atoms with Crippen LogP contribution < -0.4 is 5.32 Å². The van der Waals surface area contributed by atoms with Gasteiger partial charge >= 0.3 is 6.09 Å². The lowest BCUT2D eigenvalue weighted by Gasteiger charge is -2.36. The number of nitriles is 1. The second kappa shape index (κ2) is 9.48. The topological polar surface area (TPSA) is 149 Å². The van der Waals surface area contributed by atoms with Crippen molar-refractivity contribution in [2.75, 3.05) is 19.6 Å². The SMILES string of the molecule is CC(C)(C)OC(=O)N[C@@H](CN1C(=O)[C@H]2C[C@@H]1CN2C(=O)c1cnccn1)C(=O)N1CCC[C@H]1C#N. The van der Waals surface area contributed by atoms with Crippen LogP contribution in [0.4, 0.5) is 4.79 Å². The maximum Gasteiger partial charge on any atom is 0.408 e. The second-order valence-electron chi connectivity index (χ2n) is 9.96. The van der Waals surface area contributed by atoms with Crippen molar-refractivity contribution in [3.05, 3.63) is 24.3 Å². The summed E-state index contributed by atoms with van der Waals surface area (Å²) in [5.41, 5.74) is -0.611. The van der Waals surface area contributed by atoms with Gasteiger partial charge in [-0.05, 0) is 40.0 Å². The molecule has 186 valence electrons. The van der Waals surface area contributed by atoms with Gasteiger partial charge in [0, 0.05) is 25.5 Å². The number of carbonyl (C=O) groups is 4. The van der Waals surface area contributed by atoms with Gasteiger partial charge in [0.25, 0.3) is 5.91 Å². The molecule has 0 spiro atoms. The maximum absolute atomic E-state index is 13.4. The predicted octanol–water partition coefficient (Wildman–Crippen LogP) is 0.310. The van der Waals surface area contributed by atoms with E-state index in [1.54, 1.807) is 25.7 Å². The molecule has 2 bridgehead atoms. The zero-order valence-corrected chi connectivity index (χ0v) is 20.0. The Morgan fingerprint density at radius 1 is 1.29 bits per heavy atom. The van der Waals surface area contributed by atoms with Crippen molar-refractivity contribution in [3.63, 3.8) is 0 Å². The Kier molecular flexibility index (Phi) is 6.60. The summed E-state index contributed by atoms with van der Waals surface area (Å²) >= 11 is 0. The summed E-state index contributed by atoms with van der Waals surface area (Å²) in [6, 6.07) is -0.479. The number of nitrogens with zero attached hydrogens (tertiary/aromatic N) is 6. The van der Waals surface area contributed by atoms with Crippen molar-refractivity contribution >= 4 is 23.8 Å². The van der Waals surface area contributed by atoms with E-state index in [1.807, 2.05) is 0 Å². The number of likely N-dealkylation sites (tertiary alicyclic amines) is 3. The molecule has 0 aromatic carbocycles. The third-order valence-electron chi connectivity index (χ3n) is 6.38. The van der Waals surface area contributed by atoms with Crippen LogP contribution in [0.1, 0.15) is 50.5 Å². The third-order valence-corrected chi connectivity index (χ3v) is 6.38. The van der Waals surface area contributed by atoms with Gasteiger partial charge in [-0.25, -0.2) is 9.78 Å². The van der Waals surface area contributed by atoms with Crippen LogP contribution in [-0.4, -0.2) is 97.9 Å². The average Bonchev–Trinajstić information content (AvgIpc) is 3.53. The number of hydrogen-bond donors (Lipinski definition) is 1. The summed E-state index contributed by atoms with van der Waals surface area (Å²) in [6.45, 7) is 5.76. The number of rotatable bonds is 5. The predicted molar refractivity (Wildman–Crippen MR) is 120 cm³/mol. The maximum atomic E-state index is 13.4. The van der Waals surface area contributed by atoms with Crippen molar-refractivity contribution in [3.8, 4) is 6.07 Å². The number of amides is 4. The molecule has 4 heterocycles. The molecule has 0 unspecified atom stereocenters. The molecule has 3 aliphatic heterocycles. The van der Waals surface area contributed by atoms with Gasteiger partial charge in [0.1, 0.15) is 29.4 Å². The average molecular weight is 484 g/mol. The molecule has 3 aliphatic rings. The number of piperazine rings is 1. The molecule has 1 aromatic rings. The first kappa shape index (κ1) is 24.4. The second-order valence-corrected chi connectivity index (χ2v) is 9.96. The fraction of sp³-hybridized carbons (Fsp3) is 0.609. The largest absolute Gasteiger partial charge is 0.444 e. The minimum Gasteiger partial charge on any atom is -0.444 e. The van der Waals surface area contributed by atoms with Gasteiger partial charge in [0.15, 0.2) is 0 Å². The van der Waals surface area contributed by atoms with Crippen molar-refractivity contribution in [1.82, 2.24) is 30.0 Å². The van der Waals surface area contributed by atoms with E-state index in [0.29, 0.717) is 32.4 Å². The highest BCUT2D eigenvalue weighted by Gasteiger charge is 2.52. The van der Waals surface area contributed by atoms with Crippen LogP contribution in [0.2, 0.25) is 0 Å². The van der Waals surface area contributed by atoms with E-state index in [1.165, 1.54) is 28.4 Å². The summed E-state index contributed by atoms with van der Waals surface area (Å²) in [5, 5.41) is 12.0. The minimum absolute atomic E-state index is 0.0695. The number of fused-ring (bicyclic) bond motifs is 2. The van der Waals surface area contributed by atoms with Crippen molar-refractivity contribution in [2.24, 2.45) is 0 Å². The van der Waals surface area contributed by atoms with Crippen molar-refractivity contribution in [2.45, 2.75) is 69.8 Å². The minimum atomic E-state index is -1.08. The van der Waals surface area contributed by atoms with Crippen LogP contribution in [0.15, 0.2) is 18.6 Å². The van der Waals surface area contributed by atoms with E-state index in [9.17, 15) is 24.4 Å². The summed E-state index contributed by atoms with van der Waals surface area (Å²) in [6.07, 6.45) is 5.15. The van der Waals surface area contributed by atoms with Crippen LogP contribution >= 0.6 is 0 Å². The first-order valence-electron chi connectivity index (χ1n) is 11.7. The molecule has 4 rings (SSSR count). The third kappa shape index (κ3) is 5.03. The number of nitrogens with one attached hydrogen (secondary N) is 1. The molecule has 0 aliphatic carbocycles. The number of hydrogen-bond acceptors (Lipinski definition) is 8. The molecule has 4 atom stereocenters. The van der Waals surface area contributed by atoms with Crippen LogP contribution in [0.3, 0.4) is 0 Å². The summed E-state index contributed by atoms with van der Waals surface area (Å²) in [4.78, 5) is 64.3. The fourth-order valence-corrected chi connectivity index (χ4v) is 4.86. The molecule has 12 heteroatoms. The molecule has 1 aromatic heterocycles. The highest BCUT2D eigenvalue weighted by molar-refractivity contribution is 5.98. The lowest BCUT2D eigenvalue weighted by molar-refractivity contribution is -0.139. The Bertz CT molecular complexity index is 1050. The van der Waals surface area contributed by atoms with Gasteiger partial charge in [-0.3, -0.25) is 19.4 Å². The molecule has 35 heavy (non-hydrogen) atoms. The number of ether oxygens (including phenoxy) is 1. The van der Waals surface area contributed by atoms with E-state index in [0.717, 1.165) is 0 Å². The van der Waals surface area contributed by atoms with E-state index < -0.39 is 35.7 Å². The first-order chi connectivity index (χ1) is 16.6. The standard InChI is InChI=1S/C23H29N7O5/c1-23(2,3)35-22(34)27-17(20(32)28-8-4-5-14(28)10-24)13-29-15-9-18(21(29)33)30(12-15)19(31)16-11-25-6-7-26-16/h6-7,11,14-15,17-18H,4-5,8-9,12-13H2,1-3H3,(H,27,34)/t14-,15+,17-,18+/m0/s1. The summed E-state index contributed by atoms with van der Waals surface area (Å²) < 4.78 is 5.33. The molecular weight excluding hydrogens is 454 g/mol. The number of carbonyl (C=O) groups excluding carboxylic acids is 4.